The maximum atomic E-state index is 12.2. The highest BCUT2D eigenvalue weighted by molar-refractivity contribution is 7.80. The Morgan fingerprint density at radius 1 is 1.12 bits per heavy atom. The number of fused-ring (bicyclic) bond motifs is 1. The van der Waals surface area contributed by atoms with E-state index in [-0.39, 0.29) is 29.9 Å². The van der Waals surface area contributed by atoms with Gasteiger partial charge in [-0.05, 0) is 50.7 Å². The van der Waals surface area contributed by atoms with Crippen molar-refractivity contribution in [1.82, 2.24) is 26.2 Å². The Kier molecular flexibility index (Phi) is 4.82. The molecule has 2 aliphatic carbocycles. The fraction of sp³-hybridized carbons (Fsp3) is 0.824. The van der Waals surface area contributed by atoms with Crippen LogP contribution in [0.4, 0.5) is 0 Å². The van der Waals surface area contributed by atoms with E-state index in [0.717, 1.165) is 32.2 Å². The molecular weight excluding hydrogens is 338 g/mol. The first-order valence-electron chi connectivity index (χ1n) is 9.48. The van der Waals surface area contributed by atoms with E-state index < -0.39 is 0 Å². The van der Waals surface area contributed by atoms with Crippen LogP contribution in [0.2, 0.25) is 0 Å². The number of hydrogen-bond acceptors (Lipinski definition) is 4. The minimum atomic E-state index is -0.105. The largest absolute Gasteiger partial charge is 0.360 e. The van der Waals surface area contributed by atoms with Crippen molar-refractivity contribution >= 4 is 29.1 Å². The molecule has 0 aromatic rings. The lowest BCUT2D eigenvalue weighted by Crippen LogP contribution is -2.58. The van der Waals surface area contributed by atoms with Gasteiger partial charge in [-0.1, -0.05) is 0 Å². The van der Waals surface area contributed by atoms with Crippen molar-refractivity contribution in [2.45, 2.75) is 75.2 Å². The number of nitrogens with one attached hydrogen (secondary N) is 4. The molecule has 0 aromatic carbocycles. The maximum Gasteiger partial charge on any atom is 0.237 e. The van der Waals surface area contributed by atoms with Gasteiger partial charge in [0.2, 0.25) is 11.8 Å². The van der Waals surface area contributed by atoms with E-state index in [4.69, 9.17) is 12.2 Å². The summed E-state index contributed by atoms with van der Waals surface area (Å²) in [7, 11) is 0. The summed E-state index contributed by atoms with van der Waals surface area (Å²) < 4.78 is 0. The van der Waals surface area contributed by atoms with E-state index in [1.54, 1.807) is 0 Å². The molecule has 0 radical (unpaired) electrons. The first-order chi connectivity index (χ1) is 12.1. The van der Waals surface area contributed by atoms with Crippen LogP contribution < -0.4 is 21.3 Å². The summed E-state index contributed by atoms with van der Waals surface area (Å²) >= 11 is 5.37. The van der Waals surface area contributed by atoms with Crippen molar-refractivity contribution < 1.29 is 9.59 Å². The summed E-state index contributed by atoms with van der Waals surface area (Å²) in [5, 5.41) is 13.4. The second-order valence-electron chi connectivity index (χ2n) is 7.82. The molecule has 3 unspecified atom stereocenters. The van der Waals surface area contributed by atoms with E-state index >= 15 is 0 Å². The molecule has 8 heteroatoms. The van der Waals surface area contributed by atoms with Crippen molar-refractivity contribution in [3.05, 3.63) is 0 Å². The minimum Gasteiger partial charge on any atom is -0.360 e. The van der Waals surface area contributed by atoms with Crippen molar-refractivity contribution in [3.8, 4) is 0 Å². The third-order valence-corrected chi connectivity index (χ3v) is 5.75. The van der Waals surface area contributed by atoms with Gasteiger partial charge in [0.15, 0.2) is 5.11 Å². The van der Waals surface area contributed by atoms with E-state index in [1.165, 1.54) is 12.8 Å². The van der Waals surface area contributed by atoms with Crippen LogP contribution in [0.15, 0.2) is 0 Å². The van der Waals surface area contributed by atoms with Crippen LogP contribution in [0.1, 0.15) is 44.9 Å². The van der Waals surface area contributed by atoms with E-state index in [1.807, 2.05) is 0 Å². The van der Waals surface area contributed by atoms with Gasteiger partial charge in [-0.2, -0.15) is 0 Å². The Balaban J connectivity index is 1.28. The predicted molar refractivity (Wildman–Crippen MR) is 98.0 cm³/mol. The number of thiocarbonyl (C=S) groups is 1. The van der Waals surface area contributed by atoms with Gasteiger partial charge in [-0.3, -0.25) is 14.5 Å². The number of carbonyl (C=O) groups excluding carboxylic acids is 2. The number of piperazine rings is 1. The molecule has 4 aliphatic rings. The summed E-state index contributed by atoms with van der Waals surface area (Å²) in [5.41, 5.74) is 0. The molecule has 0 bridgehead atoms. The number of carbonyl (C=O) groups is 2. The molecule has 138 valence electrons. The molecule has 2 amide bonds. The normalized spacial score (nSPS) is 31.8. The summed E-state index contributed by atoms with van der Waals surface area (Å²) in [6.07, 6.45) is 6.68. The molecular formula is C17H27N5O2S. The average Bonchev–Trinajstić information content (AvgIpc) is 3.48. The van der Waals surface area contributed by atoms with Crippen LogP contribution in [0.5, 0.6) is 0 Å². The van der Waals surface area contributed by atoms with Crippen molar-refractivity contribution in [1.29, 1.82) is 0 Å². The first-order valence-corrected chi connectivity index (χ1v) is 9.89. The first kappa shape index (κ1) is 17.0. The van der Waals surface area contributed by atoms with Gasteiger partial charge in [-0.25, -0.2) is 0 Å². The lowest BCUT2D eigenvalue weighted by atomic mass is 10.0. The molecule has 4 N–H and O–H groups in total. The third-order valence-electron chi connectivity index (χ3n) is 5.52. The summed E-state index contributed by atoms with van der Waals surface area (Å²) in [6.45, 7) is 1.43. The number of amides is 2. The molecule has 4 rings (SSSR count). The lowest BCUT2D eigenvalue weighted by Gasteiger charge is -2.37. The van der Waals surface area contributed by atoms with Gasteiger partial charge in [-0.15, -0.1) is 0 Å². The second kappa shape index (κ2) is 7.07. The number of rotatable bonds is 6. The highest BCUT2D eigenvalue weighted by Crippen LogP contribution is 2.26. The highest BCUT2D eigenvalue weighted by atomic mass is 32.1. The van der Waals surface area contributed by atoms with Crippen molar-refractivity contribution in [2.75, 3.05) is 13.1 Å². The summed E-state index contributed by atoms with van der Waals surface area (Å²) in [6, 6.07) is 1.25. The molecule has 2 saturated heterocycles. The smallest absolute Gasteiger partial charge is 0.237 e. The molecule has 2 saturated carbocycles. The Morgan fingerprint density at radius 2 is 1.80 bits per heavy atom. The fourth-order valence-corrected chi connectivity index (χ4v) is 4.15. The molecule has 0 aromatic heterocycles. The van der Waals surface area contributed by atoms with Crippen molar-refractivity contribution in [3.63, 3.8) is 0 Å². The quantitative estimate of drug-likeness (QED) is 0.480. The Morgan fingerprint density at radius 3 is 2.52 bits per heavy atom. The molecule has 2 heterocycles. The van der Waals surface area contributed by atoms with Gasteiger partial charge in [0.1, 0.15) is 0 Å². The van der Waals surface area contributed by atoms with E-state index in [0.29, 0.717) is 30.2 Å². The monoisotopic (exact) mass is 365 g/mol. The molecule has 2 aliphatic heterocycles. The Labute approximate surface area is 153 Å². The maximum absolute atomic E-state index is 12.2. The van der Waals surface area contributed by atoms with Gasteiger partial charge in [0, 0.05) is 43.7 Å². The average molecular weight is 366 g/mol. The predicted octanol–water partition coefficient (Wildman–Crippen LogP) is -0.387. The van der Waals surface area contributed by atoms with E-state index in [9.17, 15) is 9.59 Å². The summed E-state index contributed by atoms with van der Waals surface area (Å²) in [4.78, 5) is 26.4. The standard InChI is InChI=1S/C17H27N5O2S/c23-15(19-10-1-2-10)6-5-13-8-18-16(24)14-7-12(9-22(13)14)21-17(25)20-11-3-4-11/h10-14H,1-9H2,(H,18,24)(H,19,23)(H2,20,21,25). The van der Waals surface area contributed by atoms with Gasteiger partial charge in [0.25, 0.3) is 0 Å². The summed E-state index contributed by atoms with van der Waals surface area (Å²) in [5.74, 6) is 0.240. The van der Waals surface area contributed by atoms with Crippen LogP contribution >= 0.6 is 12.2 Å². The Bertz CT molecular complexity index is 563. The van der Waals surface area contributed by atoms with Crippen LogP contribution in [0, 0.1) is 0 Å². The highest BCUT2D eigenvalue weighted by Gasteiger charge is 2.43. The third kappa shape index (κ3) is 4.41. The zero-order valence-electron chi connectivity index (χ0n) is 14.4. The van der Waals surface area contributed by atoms with Crippen LogP contribution in [-0.4, -0.2) is 65.1 Å². The zero-order valence-corrected chi connectivity index (χ0v) is 15.2. The van der Waals surface area contributed by atoms with Gasteiger partial charge < -0.3 is 21.3 Å². The van der Waals surface area contributed by atoms with Crippen LogP contribution in [0.3, 0.4) is 0 Å². The Hall–Kier alpha value is -1.41. The fourth-order valence-electron chi connectivity index (χ4n) is 3.81. The molecule has 25 heavy (non-hydrogen) atoms. The van der Waals surface area contributed by atoms with Gasteiger partial charge in [0.05, 0.1) is 6.04 Å². The minimum absolute atomic E-state index is 0.101. The molecule has 0 spiro atoms. The van der Waals surface area contributed by atoms with Crippen molar-refractivity contribution in [2.24, 2.45) is 0 Å². The molecule has 3 atom stereocenters. The lowest BCUT2D eigenvalue weighted by molar-refractivity contribution is -0.129. The topological polar surface area (TPSA) is 85.5 Å². The SMILES string of the molecule is O=C(CCC1CNC(=O)C2CC(NC(=S)NC3CC3)CN12)NC1CC1. The van der Waals surface area contributed by atoms with E-state index in [2.05, 4.69) is 26.2 Å². The van der Waals surface area contributed by atoms with Crippen LogP contribution in [-0.2, 0) is 9.59 Å². The van der Waals surface area contributed by atoms with Crippen LogP contribution in [0.25, 0.3) is 0 Å². The zero-order chi connectivity index (χ0) is 17.4. The number of hydrogen-bond donors (Lipinski definition) is 4. The molecule has 4 fully saturated rings. The van der Waals surface area contributed by atoms with Gasteiger partial charge >= 0.3 is 0 Å². The second-order valence-corrected chi connectivity index (χ2v) is 8.22. The number of nitrogens with zero attached hydrogens (tertiary/aromatic N) is 1. The molecule has 7 nitrogen and oxygen atoms in total.